The molecule has 2 amide bonds. The highest BCUT2D eigenvalue weighted by molar-refractivity contribution is 7.89. The van der Waals surface area contributed by atoms with Crippen LogP contribution in [-0.2, 0) is 19.5 Å². The van der Waals surface area contributed by atoms with Crippen LogP contribution in [0.2, 0.25) is 0 Å². The summed E-state index contributed by atoms with van der Waals surface area (Å²) in [5.41, 5.74) is 3.11. The first-order valence-electron chi connectivity index (χ1n) is 9.80. The van der Waals surface area contributed by atoms with E-state index in [9.17, 15) is 32.9 Å². The SMILES string of the molecule is COC(=O)c1cc(C(=O)NNC(=O)c2cccc(S(=O)(=O)N3CCOCC3)c2)cc([N+](=O)[O-])c1. The minimum absolute atomic E-state index is 0.0519. The number of morpholine rings is 1. The van der Waals surface area contributed by atoms with Crippen LogP contribution in [0.5, 0.6) is 0 Å². The van der Waals surface area contributed by atoms with Crippen molar-refractivity contribution in [2.24, 2.45) is 0 Å². The van der Waals surface area contributed by atoms with Gasteiger partial charge in [0.25, 0.3) is 17.5 Å². The Balaban J connectivity index is 1.74. The number of rotatable bonds is 6. The molecule has 34 heavy (non-hydrogen) atoms. The Labute approximate surface area is 193 Å². The summed E-state index contributed by atoms with van der Waals surface area (Å²) in [5, 5.41) is 11.1. The van der Waals surface area contributed by atoms with E-state index >= 15 is 0 Å². The Morgan fingerprint density at radius 1 is 1.00 bits per heavy atom. The molecule has 3 rings (SSSR count). The average molecular weight is 492 g/mol. The van der Waals surface area contributed by atoms with Gasteiger partial charge < -0.3 is 9.47 Å². The van der Waals surface area contributed by atoms with Crippen molar-refractivity contribution in [2.45, 2.75) is 4.90 Å². The highest BCUT2D eigenvalue weighted by atomic mass is 32.2. The normalized spacial score (nSPS) is 14.1. The summed E-state index contributed by atoms with van der Waals surface area (Å²) in [7, 11) is -2.76. The first-order chi connectivity index (χ1) is 16.1. The predicted molar refractivity (Wildman–Crippen MR) is 115 cm³/mol. The molecule has 1 aliphatic heterocycles. The first-order valence-corrected chi connectivity index (χ1v) is 11.2. The van der Waals surface area contributed by atoms with Gasteiger partial charge in [-0.1, -0.05) is 6.07 Å². The van der Waals surface area contributed by atoms with Gasteiger partial charge >= 0.3 is 5.97 Å². The summed E-state index contributed by atoms with van der Waals surface area (Å²) < 4.78 is 36.5. The highest BCUT2D eigenvalue weighted by Gasteiger charge is 2.27. The zero-order valence-corrected chi connectivity index (χ0v) is 18.7. The maximum absolute atomic E-state index is 12.8. The Bertz CT molecular complexity index is 1240. The van der Waals surface area contributed by atoms with Gasteiger partial charge in [0.05, 0.1) is 35.7 Å². The monoisotopic (exact) mass is 492 g/mol. The molecule has 2 N–H and O–H groups in total. The molecule has 0 unspecified atom stereocenters. The minimum Gasteiger partial charge on any atom is -0.465 e. The highest BCUT2D eigenvalue weighted by Crippen LogP contribution is 2.19. The molecule has 0 atom stereocenters. The summed E-state index contributed by atoms with van der Waals surface area (Å²) in [4.78, 5) is 46.9. The van der Waals surface area contributed by atoms with Gasteiger partial charge in [0, 0.05) is 36.3 Å². The van der Waals surface area contributed by atoms with Crippen molar-refractivity contribution in [3.63, 3.8) is 0 Å². The van der Waals surface area contributed by atoms with Crippen molar-refractivity contribution in [1.82, 2.24) is 15.2 Å². The third kappa shape index (κ3) is 5.54. The van der Waals surface area contributed by atoms with Crippen molar-refractivity contribution < 1.29 is 37.2 Å². The number of carbonyl (C=O) groups is 3. The number of benzene rings is 2. The van der Waals surface area contributed by atoms with Crippen LogP contribution in [0.3, 0.4) is 0 Å². The van der Waals surface area contributed by atoms with Crippen LogP contribution < -0.4 is 10.9 Å². The molecule has 1 fully saturated rings. The molecule has 1 aliphatic rings. The van der Waals surface area contributed by atoms with Gasteiger partial charge in [-0.25, -0.2) is 13.2 Å². The first kappa shape index (κ1) is 24.8. The fourth-order valence-electron chi connectivity index (χ4n) is 3.08. The molecule has 0 spiro atoms. The largest absolute Gasteiger partial charge is 0.465 e. The lowest BCUT2D eigenvalue weighted by Gasteiger charge is -2.26. The number of nitrogens with one attached hydrogen (secondary N) is 2. The molecule has 1 saturated heterocycles. The molecule has 2 aromatic carbocycles. The number of carbonyl (C=O) groups excluding carboxylic acids is 3. The topological polar surface area (TPSA) is 174 Å². The number of esters is 1. The number of amides is 2. The molecule has 1 heterocycles. The van der Waals surface area contributed by atoms with Crippen LogP contribution in [0.15, 0.2) is 47.4 Å². The lowest BCUT2D eigenvalue weighted by Crippen LogP contribution is -2.42. The van der Waals surface area contributed by atoms with E-state index in [0.717, 1.165) is 31.4 Å². The summed E-state index contributed by atoms with van der Waals surface area (Å²) in [6.45, 7) is 0.902. The third-order valence-corrected chi connectivity index (χ3v) is 6.70. The van der Waals surface area contributed by atoms with E-state index < -0.39 is 38.4 Å². The van der Waals surface area contributed by atoms with Crippen molar-refractivity contribution in [3.8, 4) is 0 Å². The molecule has 14 heteroatoms. The maximum Gasteiger partial charge on any atom is 0.338 e. The van der Waals surface area contributed by atoms with E-state index in [1.165, 1.54) is 22.5 Å². The van der Waals surface area contributed by atoms with Crippen molar-refractivity contribution in [2.75, 3.05) is 33.4 Å². The van der Waals surface area contributed by atoms with Crippen molar-refractivity contribution in [1.29, 1.82) is 0 Å². The Hall–Kier alpha value is -3.88. The van der Waals surface area contributed by atoms with Gasteiger partial charge in [-0.2, -0.15) is 4.31 Å². The van der Waals surface area contributed by atoms with E-state index in [1.54, 1.807) is 0 Å². The fraction of sp³-hybridized carbons (Fsp3) is 0.250. The summed E-state index contributed by atoms with van der Waals surface area (Å²) in [5.74, 6) is -2.66. The standard InChI is InChI=1S/C20H20N4O9S/c1-32-20(27)15-9-14(10-16(11-15)24(28)29)19(26)22-21-18(25)13-3-2-4-17(12-13)34(30,31)23-5-7-33-8-6-23/h2-4,9-12H,5-8H2,1H3,(H,21,25)(H,22,26). The Morgan fingerprint density at radius 2 is 1.62 bits per heavy atom. The zero-order valence-electron chi connectivity index (χ0n) is 17.8. The van der Waals surface area contributed by atoms with E-state index in [-0.39, 0.29) is 47.9 Å². The maximum atomic E-state index is 12.8. The van der Waals surface area contributed by atoms with E-state index in [2.05, 4.69) is 15.6 Å². The van der Waals surface area contributed by atoms with Crippen LogP contribution in [0.1, 0.15) is 31.1 Å². The number of methoxy groups -OCH3 is 1. The number of hydrazine groups is 1. The number of nitrogens with zero attached hydrogens (tertiary/aromatic N) is 2. The van der Waals surface area contributed by atoms with Gasteiger partial charge in [-0.05, 0) is 24.3 Å². The molecule has 0 aliphatic carbocycles. The molecule has 0 aromatic heterocycles. The lowest BCUT2D eigenvalue weighted by atomic mass is 10.1. The molecule has 0 saturated carbocycles. The Kier molecular flexibility index (Phi) is 7.55. The number of nitro groups is 1. The minimum atomic E-state index is -3.84. The fourth-order valence-corrected chi connectivity index (χ4v) is 4.53. The second kappa shape index (κ2) is 10.4. The van der Waals surface area contributed by atoms with Crippen LogP contribution >= 0.6 is 0 Å². The molecule has 13 nitrogen and oxygen atoms in total. The summed E-state index contributed by atoms with van der Waals surface area (Å²) in [6.07, 6.45) is 0. The van der Waals surface area contributed by atoms with Crippen LogP contribution in [0.4, 0.5) is 5.69 Å². The second-order valence-corrected chi connectivity index (χ2v) is 8.91. The second-order valence-electron chi connectivity index (χ2n) is 6.97. The van der Waals surface area contributed by atoms with Gasteiger partial charge in [-0.3, -0.25) is 30.6 Å². The van der Waals surface area contributed by atoms with Crippen LogP contribution in [0.25, 0.3) is 0 Å². The zero-order chi connectivity index (χ0) is 24.9. The molecule has 2 aromatic rings. The van der Waals surface area contributed by atoms with E-state index in [4.69, 9.17) is 4.74 Å². The van der Waals surface area contributed by atoms with Crippen molar-refractivity contribution >= 4 is 33.5 Å². The molecule has 180 valence electrons. The lowest BCUT2D eigenvalue weighted by molar-refractivity contribution is -0.384. The molecular weight excluding hydrogens is 472 g/mol. The number of non-ortho nitro benzene ring substituents is 1. The van der Waals surface area contributed by atoms with Gasteiger partial charge in [0.2, 0.25) is 10.0 Å². The quantitative estimate of drug-likeness (QED) is 0.330. The Morgan fingerprint density at radius 3 is 2.24 bits per heavy atom. The summed E-state index contributed by atoms with van der Waals surface area (Å²) >= 11 is 0. The van der Waals surface area contributed by atoms with Crippen LogP contribution in [-0.4, -0.2) is 68.8 Å². The number of nitro benzene ring substituents is 1. The van der Waals surface area contributed by atoms with E-state index in [0.29, 0.717) is 0 Å². The average Bonchev–Trinajstić information content (AvgIpc) is 2.86. The molecular formula is C20H20N4O9S. The van der Waals surface area contributed by atoms with Gasteiger partial charge in [0.1, 0.15) is 0 Å². The van der Waals surface area contributed by atoms with Crippen molar-refractivity contribution in [3.05, 3.63) is 69.3 Å². The summed E-state index contributed by atoms with van der Waals surface area (Å²) in [6, 6.07) is 8.17. The van der Waals surface area contributed by atoms with Crippen LogP contribution in [0, 0.1) is 10.1 Å². The number of sulfonamides is 1. The van der Waals surface area contributed by atoms with E-state index in [1.807, 2.05) is 0 Å². The predicted octanol–water partition coefficient (Wildman–Crippen LogP) is 0.477. The number of hydrogen-bond donors (Lipinski definition) is 2. The third-order valence-electron chi connectivity index (χ3n) is 4.81. The number of ether oxygens (including phenoxy) is 2. The molecule has 0 bridgehead atoms. The van der Waals surface area contributed by atoms with Gasteiger partial charge in [-0.15, -0.1) is 0 Å². The smallest absolute Gasteiger partial charge is 0.338 e. The number of hydrogen-bond acceptors (Lipinski definition) is 9. The molecule has 0 radical (unpaired) electrons. The van der Waals surface area contributed by atoms with Gasteiger partial charge in [0.15, 0.2) is 0 Å².